The smallest absolute Gasteiger partial charge is 0.335 e. The number of aryl methyl sites for hydroxylation is 1. The summed E-state index contributed by atoms with van der Waals surface area (Å²) in [5.74, 6) is -1.15. The van der Waals surface area contributed by atoms with Crippen molar-refractivity contribution >= 4 is 24.7 Å². The van der Waals surface area contributed by atoms with Crippen LogP contribution in [-0.2, 0) is 17.6 Å². The highest BCUT2D eigenvalue weighted by atomic mass is 32.1. The van der Waals surface area contributed by atoms with E-state index in [4.69, 9.17) is 4.74 Å². The SMILES string of the molecule is CS.O=C(O)c1ccccc1CC[C@]12CCC3=Cc4c(cnn4-c4ccc(F)cc4)CC31O2. The number of carboxylic acids is 1. The molecule has 1 saturated heterocycles. The van der Waals surface area contributed by atoms with Gasteiger partial charge in [0.1, 0.15) is 17.0 Å². The summed E-state index contributed by atoms with van der Waals surface area (Å²) in [5.41, 5.74) is 5.01. The Balaban J connectivity index is 0.00000111. The van der Waals surface area contributed by atoms with Gasteiger partial charge in [-0.05, 0) is 79.5 Å². The maximum Gasteiger partial charge on any atom is 0.335 e. The average molecular weight is 465 g/mol. The number of epoxide rings is 1. The lowest BCUT2D eigenvalue weighted by molar-refractivity contribution is 0.0695. The van der Waals surface area contributed by atoms with E-state index in [-0.39, 0.29) is 17.0 Å². The van der Waals surface area contributed by atoms with Crippen LogP contribution >= 0.6 is 12.6 Å². The van der Waals surface area contributed by atoms with Gasteiger partial charge < -0.3 is 9.84 Å². The van der Waals surface area contributed by atoms with Gasteiger partial charge in [-0.15, -0.1) is 0 Å². The summed E-state index contributed by atoms with van der Waals surface area (Å²) < 4.78 is 21.6. The summed E-state index contributed by atoms with van der Waals surface area (Å²) in [4.78, 5) is 11.5. The van der Waals surface area contributed by atoms with Crippen molar-refractivity contribution in [1.29, 1.82) is 0 Å². The van der Waals surface area contributed by atoms with Gasteiger partial charge in [-0.2, -0.15) is 17.7 Å². The standard InChI is InChI=1S/C25H21FN2O3.CH4S/c26-19-5-7-20(8-6-19)28-22-13-18-10-12-24(25(18,31-24)14-17(22)15-27-28)11-9-16-3-1-2-4-21(16)23(29)30;1-2/h1-8,13,15H,9-12,14H2,(H,29,30);2H,1H3/t24-,25?;/m0./s1. The zero-order valence-corrected chi connectivity index (χ0v) is 19.2. The molecule has 1 saturated carbocycles. The maximum atomic E-state index is 13.3. The van der Waals surface area contributed by atoms with Crippen molar-refractivity contribution in [3.05, 3.63) is 88.5 Å². The summed E-state index contributed by atoms with van der Waals surface area (Å²) in [6, 6.07) is 13.6. The van der Waals surface area contributed by atoms with E-state index in [1.165, 1.54) is 17.7 Å². The molecule has 1 aromatic heterocycles. The van der Waals surface area contributed by atoms with Crippen molar-refractivity contribution in [3.8, 4) is 5.69 Å². The molecule has 3 aromatic rings. The van der Waals surface area contributed by atoms with Gasteiger partial charge in [0.25, 0.3) is 0 Å². The lowest BCUT2D eigenvalue weighted by Gasteiger charge is -2.20. The molecule has 0 amide bonds. The van der Waals surface area contributed by atoms with Gasteiger partial charge in [-0.1, -0.05) is 18.2 Å². The molecule has 33 heavy (non-hydrogen) atoms. The molecule has 0 radical (unpaired) electrons. The molecule has 170 valence electrons. The highest BCUT2D eigenvalue weighted by Gasteiger charge is 2.74. The van der Waals surface area contributed by atoms with E-state index in [0.717, 1.165) is 48.2 Å². The summed E-state index contributed by atoms with van der Waals surface area (Å²) in [5, 5.41) is 14.0. The second-order valence-electron chi connectivity index (χ2n) is 8.68. The first-order valence-corrected chi connectivity index (χ1v) is 11.9. The molecule has 2 aliphatic carbocycles. The molecule has 7 heteroatoms. The Bertz CT molecular complexity index is 1250. The zero-order chi connectivity index (χ0) is 23.2. The van der Waals surface area contributed by atoms with Crippen LogP contribution < -0.4 is 0 Å². The fourth-order valence-corrected chi connectivity index (χ4v) is 5.52. The third-order valence-electron chi connectivity index (χ3n) is 7.13. The van der Waals surface area contributed by atoms with Crippen LogP contribution in [0.3, 0.4) is 0 Å². The number of aromatic carboxylic acids is 1. The van der Waals surface area contributed by atoms with E-state index in [0.29, 0.717) is 12.0 Å². The number of carboxylic acid groups (broad SMARTS) is 1. The Morgan fingerprint density at radius 1 is 1.21 bits per heavy atom. The van der Waals surface area contributed by atoms with Gasteiger partial charge in [0.2, 0.25) is 0 Å². The number of ether oxygens (including phenoxy) is 1. The van der Waals surface area contributed by atoms with Crippen LogP contribution in [0.15, 0.2) is 60.3 Å². The molecule has 1 aliphatic heterocycles. The molecule has 1 N–H and O–H groups in total. The molecule has 2 aromatic carbocycles. The molecule has 1 unspecified atom stereocenters. The van der Waals surface area contributed by atoms with Crippen molar-refractivity contribution in [2.45, 2.75) is 43.3 Å². The minimum atomic E-state index is -0.887. The topological polar surface area (TPSA) is 67.6 Å². The molecule has 2 atom stereocenters. The number of hydrogen-bond acceptors (Lipinski definition) is 4. The van der Waals surface area contributed by atoms with E-state index in [1.54, 1.807) is 30.5 Å². The lowest BCUT2D eigenvalue weighted by atomic mass is 9.81. The van der Waals surface area contributed by atoms with Crippen LogP contribution in [0.25, 0.3) is 11.8 Å². The second kappa shape index (κ2) is 8.15. The van der Waals surface area contributed by atoms with E-state index in [1.807, 2.05) is 23.0 Å². The average Bonchev–Trinajstić information content (AvgIpc) is 3.11. The molecule has 0 bridgehead atoms. The van der Waals surface area contributed by atoms with Crippen molar-refractivity contribution in [3.63, 3.8) is 0 Å². The summed E-state index contributed by atoms with van der Waals surface area (Å²) in [6.45, 7) is 0. The van der Waals surface area contributed by atoms with E-state index >= 15 is 0 Å². The second-order valence-corrected chi connectivity index (χ2v) is 8.68. The predicted octanol–water partition coefficient (Wildman–Crippen LogP) is 5.13. The van der Waals surface area contributed by atoms with Gasteiger partial charge in [-0.3, -0.25) is 0 Å². The van der Waals surface area contributed by atoms with Crippen LogP contribution in [-0.4, -0.2) is 38.3 Å². The Hall–Kier alpha value is -2.90. The van der Waals surface area contributed by atoms with E-state index < -0.39 is 5.97 Å². The van der Waals surface area contributed by atoms with Crippen molar-refractivity contribution in [2.24, 2.45) is 0 Å². The van der Waals surface area contributed by atoms with Crippen molar-refractivity contribution < 1.29 is 19.0 Å². The number of nitrogens with zero attached hydrogens (tertiary/aromatic N) is 2. The van der Waals surface area contributed by atoms with Gasteiger partial charge in [0.05, 0.1) is 23.1 Å². The van der Waals surface area contributed by atoms with Gasteiger partial charge >= 0.3 is 5.97 Å². The highest BCUT2D eigenvalue weighted by Crippen LogP contribution is 2.67. The predicted molar refractivity (Wildman–Crippen MR) is 128 cm³/mol. The number of fused-ring (bicyclic) bond motifs is 1. The minimum Gasteiger partial charge on any atom is -0.478 e. The first kappa shape index (κ1) is 21.9. The normalized spacial score (nSPS) is 24.0. The number of benzene rings is 2. The molecular formula is C26H25FN2O3S. The Labute approximate surface area is 197 Å². The summed E-state index contributed by atoms with van der Waals surface area (Å²) in [7, 11) is 0. The monoisotopic (exact) mass is 464 g/mol. The largest absolute Gasteiger partial charge is 0.478 e. The third-order valence-corrected chi connectivity index (χ3v) is 7.13. The van der Waals surface area contributed by atoms with Crippen molar-refractivity contribution in [2.75, 3.05) is 6.26 Å². The van der Waals surface area contributed by atoms with E-state index in [9.17, 15) is 14.3 Å². The van der Waals surface area contributed by atoms with Crippen LogP contribution in [0.5, 0.6) is 0 Å². The molecule has 1 spiro atoms. The van der Waals surface area contributed by atoms with Crippen LogP contribution in [0, 0.1) is 5.82 Å². The van der Waals surface area contributed by atoms with Gasteiger partial charge in [0.15, 0.2) is 0 Å². The lowest BCUT2D eigenvalue weighted by Crippen LogP contribution is -2.27. The number of rotatable bonds is 5. The number of thiol groups is 1. The number of hydrogen-bond donors (Lipinski definition) is 2. The zero-order valence-electron chi connectivity index (χ0n) is 18.3. The van der Waals surface area contributed by atoms with Crippen molar-refractivity contribution in [1.82, 2.24) is 9.78 Å². The number of carbonyl (C=O) groups is 1. The molecular weight excluding hydrogens is 439 g/mol. The maximum absolute atomic E-state index is 13.3. The molecule has 5 nitrogen and oxygen atoms in total. The van der Waals surface area contributed by atoms with Gasteiger partial charge in [-0.25, -0.2) is 13.9 Å². The number of halogens is 1. The highest BCUT2D eigenvalue weighted by molar-refractivity contribution is 7.79. The van der Waals surface area contributed by atoms with Gasteiger partial charge in [0, 0.05) is 12.0 Å². The molecule has 6 rings (SSSR count). The van der Waals surface area contributed by atoms with Crippen LogP contribution in [0.4, 0.5) is 4.39 Å². The molecule has 3 aliphatic rings. The fourth-order valence-electron chi connectivity index (χ4n) is 5.52. The summed E-state index contributed by atoms with van der Waals surface area (Å²) >= 11 is 3.53. The Morgan fingerprint density at radius 3 is 2.73 bits per heavy atom. The quantitative estimate of drug-likeness (QED) is 0.406. The summed E-state index contributed by atoms with van der Waals surface area (Å²) in [6.07, 6.45) is 9.93. The molecule has 2 fully saturated rings. The third kappa shape index (κ3) is 3.42. The van der Waals surface area contributed by atoms with Crippen LogP contribution in [0.1, 0.15) is 46.4 Å². The fraction of sp³-hybridized carbons (Fsp3) is 0.308. The Morgan fingerprint density at radius 2 is 1.97 bits per heavy atom. The molecule has 2 heterocycles. The number of aromatic nitrogens is 2. The first-order chi connectivity index (χ1) is 16.0. The minimum absolute atomic E-state index is 0.222. The van der Waals surface area contributed by atoms with E-state index in [2.05, 4.69) is 23.8 Å². The van der Waals surface area contributed by atoms with Crippen LogP contribution in [0.2, 0.25) is 0 Å². The first-order valence-electron chi connectivity index (χ1n) is 11.0. The Kier molecular flexibility index (Phi) is 5.41.